The average Bonchev–Trinajstić information content (AvgIpc) is 3.75. The maximum absolute atomic E-state index is 15.5. The van der Waals surface area contributed by atoms with Crippen molar-refractivity contribution in [2.45, 2.75) is 66.3 Å². The number of carbonyl (C=O) groups excluding carboxylic acids is 1. The quantitative estimate of drug-likeness (QED) is 0.120. The largest absolute Gasteiger partial charge is 0.494 e. The van der Waals surface area contributed by atoms with E-state index < -0.39 is 5.97 Å². The molecular formula is C46H49Cl2N5O7. The van der Waals surface area contributed by atoms with Gasteiger partial charge in [-0.25, -0.2) is 14.8 Å². The number of halogens is 2. The highest BCUT2D eigenvalue weighted by Crippen LogP contribution is 2.48. The fourth-order valence-corrected chi connectivity index (χ4v) is 9.44. The molecule has 1 N–H and O–H groups in total. The summed E-state index contributed by atoms with van der Waals surface area (Å²) in [6, 6.07) is 10.9. The molecule has 1 atom stereocenters. The highest BCUT2D eigenvalue weighted by atomic mass is 35.5. The van der Waals surface area contributed by atoms with Crippen LogP contribution in [0, 0.1) is 33.6 Å². The van der Waals surface area contributed by atoms with Crippen molar-refractivity contribution in [1.29, 1.82) is 0 Å². The molecule has 0 radical (unpaired) electrons. The van der Waals surface area contributed by atoms with Gasteiger partial charge in [0.05, 0.1) is 42.1 Å². The number of ether oxygens (including phenoxy) is 4. The molecule has 2 aliphatic rings. The number of anilines is 1. The molecule has 8 rings (SSSR count). The molecule has 1 saturated heterocycles. The summed E-state index contributed by atoms with van der Waals surface area (Å²) in [7, 11) is 3.24. The van der Waals surface area contributed by atoms with E-state index >= 15 is 4.79 Å². The van der Waals surface area contributed by atoms with Crippen LogP contribution in [0.25, 0.3) is 32.9 Å². The molecule has 0 aliphatic carbocycles. The number of amides is 1. The first-order valence-electron chi connectivity index (χ1n) is 20.3. The van der Waals surface area contributed by atoms with Crippen LogP contribution in [0.4, 0.5) is 5.69 Å². The SMILES string of the molecule is COc1c(OCC2CCOCC2)cc(N2C[C@@H](C)n3c(c(CCCOc4cc(C)c(Cl)c(C)c4)c4ccc(Cl)c(-c5c(C)ncnc5C)c43)C2=O)c2c1cc(C(=O)O)n2C. The third-order valence-corrected chi connectivity index (χ3v) is 12.9. The summed E-state index contributed by atoms with van der Waals surface area (Å²) in [6.07, 6.45) is 4.41. The minimum Gasteiger partial charge on any atom is -0.494 e. The molecule has 14 heteroatoms. The molecule has 0 unspecified atom stereocenters. The number of hydrogen-bond acceptors (Lipinski definition) is 8. The zero-order valence-electron chi connectivity index (χ0n) is 34.9. The standard InChI is InChI=1S/C46H49Cl2N5O7/c1-24-17-30(18-25(2)40(24)48)59-14-8-9-31-32-10-11-34(47)39(38-27(4)49-23-50-28(38)5)42(32)53-26(3)21-52(45(54)43(31)53)35-20-37(60-22-29-12-15-58-16-13-29)44(57-7)33-19-36(46(55)56)51(6)41(33)35/h10-11,17-20,23,26,29H,8-9,12-16,21-22H2,1-7H3,(H,55,56)/t26-/m1/s1. The maximum Gasteiger partial charge on any atom is 0.352 e. The number of carboxylic acid groups (broad SMARTS) is 1. The highest BCUT2D eigenvalue weighted by Gasteiger charge is 2.38. The summed E-state index contributed by atoms with van der Waals surface area (Å²) >= 11 is 13.6. The van der Waals surface area contributed by atoms with E-state index in [9.17, 15) is 9.90 Å². The van der Waals surface area contributed by atoms with Gasteiger partial charge in [0.1, 0.15) is 23.5 Å². The number of carbonyl (C=O) groups is 2. The molecule has 1 amide bonds. The Labute approximate surface area is 358 Å². The van der Waals surface area contributed by atoms with Crippen LogP contribution in [0.3, 0.4) is 0 Å². The van der Waals surface area contributed by atoms with Crippen molar-refractivity contribution in [3.63, 3.8) is 0 Å². The summed E-state index contributed by atoms with van der Waals surface area (Å²) in [4.78, 5) is 39.0. The number of carboxylic acids is 1. The third kappa shape index (κ3) is 7.22. The minimum atomic E-state index is -1.10. The summed E-state index contributed by atoms with van der Waals surface area (Å²) in [5, 5.41) is 13.0. The Kier molecular flexibility index (Phi) is 11.5. The van der Waals surface area contributed by atoms with Gasteiger partial charge in [-0.05, 0) is 107 Å². The van der Waals surface area contributed by atoms with Gasteiger partial charge >= 0.3 is 5.97 Å². The molecule has 1 fully saturated rings. The van der Waals surface area contributed by atoms with E-state index in [2.05, 4.69) is 21.5 Å². The lowest BCUT2D eigenvalue weighted by Gasteiger charge is -2.35. The molecule has 0 saturated carbocycles. The molecule has 12 nitrogen and oxygen atoms in total. The van der Waals surface area contributed by atoms with Crippen molar-refractivity contribution in [2.75, 3.05) is 45.0 Å². The van der Waals surface area contributed by atoms with E-state index in [-0.39, 0.29) is 30.1 Å². The van der Waals surface area contributed by atoms with Gasteiger partial charge in [-0.2, -0.15) is 0 Å². The number of methoxy groups -OCH3 is 1. The van der Waals surface area contributed by atoms with Crippen LogP contribution < -0.4 is 19.1 Å². The van der Waals surface area contributed by atoms with Crippen LogP contribution in [-0.4, -0.2) is 76.2 Å². The van der Waals surface area contributed by atoms with Crippen LogP contribution in [0.1, 0.15) is 81.3 Å². The van der Waals surface area contributed by atoms with Crippen LogP contribution in [0.15, 0.2) is 42.7 Å². The number of rotatable bonds is 12. The van der Waals surface area contributed by atoms with Crippen molar-refractivity contribution in [3.8, 4) is 28.4 Å². The fourth-order valence-electron chi connectivity index (χ4n) is 9.08. The smallest absolute Gasteiger partial charge is 0.352 e. The topological polar surface area (TPSA) is 130 Å². The second kappa shape index (κ2) is 16.6. The maximum atomic E-state index is 15.5. The second-order valence-electron chi connectivity index (χ2n) is 16.0. The fraction of sp³-hybridized carbons (Fsp3) is 0.391. The van der Waals surface area contributed by atoms with Gasteiger partial charge in [-0.1, -0.05) is 29.3 Å². The first-order chi connectivity index (χ1) is 28.8. The van der Waals surface area contributed by atoms with Crippen molar-refractivity contribution in [1.82, 2.24) is 19.1 Å². The Balaban J connectivity index is 1.28. The summed E-state index contributed by atoms with van der Waals surface area (Å²) < 4.78 is 28.0. The van der Waals surface area contributed by atoms with E-state index in [0.717, 1.165) is 73.7 Å². The zero-order chi connectivity index (χ0) is 42.6. The van der Waals surface area contributed by atoms with Gasteiger partial charge in [0.25, 0.3) is 5.91 Å². The molecule has 314 valence electrons. The summed E-state index contributed by atoms with van der Waals surface area (Å²) in [6.45, 7) is 12.3. The predicted molar refractivity (Wildman–Crippen MR) is 234 cm³/mol. The number of aromatic nitrogens is 4. The lowest BCUT2D eigenvalue weighted by Crippen LogP contribution is -2.43. The molecule has 5 heterocycles. The summed E-state index contributed by atoms with van der Waals surface area (Å²) in [5.74, 6) is 0.539. The number of hydrogen-bond donors (Lipinski definition) is 1. The van der Waals surface area contributed by atoms with E-state index in [1.54, 1.807) is 36.0 Å². The lowest BCUT2D eigenvalue weighted by atomic mass is 9.97. The normalized spacial score (nSPS) is 15.8. The Morgan fingerprint density at radius 2 is 1.65 bits per heavy atom. The van der Waals surface area contributed by atoms with Crippen molar-refractivity contribution in [2.24, 2.45) is 13.0 Å². The summed E-state index contributed by atoms with van der Waals surface area (Å²) in [5.41, 5.74) is 8.40. The number of fused-ring (bicyclic) bond motifs is 4. The lowest BCUT2D eigenvalue weighted by molar-refractivity contribution is 0.0494. The van der Waals surface area contributed by atoms with Gasteiger partial charge in [0.2, 0.25) is 0 Å². The average molecular weight is 855 g/mol. The van der Waals surface area contributed by atoms with E-state index in [0.29, 0.717) is 78.1 Å². The van der Waals surface area contributed by atoms with Crippen LogP contribution in [0.5, 0.6) is 17.2 Å². The van der Waals surface area contributed by atoms with Crippen LogP contribution in [-0.2, 0) is 18.2 Å². The number of aromatic carboxylic acids is 1. The molecule has 3 aromatic heterocycles. The monoisotopic (exact) mass is 853 g/mol. The van der Waals surface area contributed by atoms with E-state index in [4.69, 9.17) is 42.1 Å². The van der Waals surface area contributed by atoms with Gasteiger partial charge in [-0.3, -0.25) is 4.79 Å². The molecule has 60 heavy (non-hydrogen) atoms. The Hall–Kier alpha value is -5.30. The van der Waals surface area contributed by atoms with Gasteiger partial charge in [0, 0.05) is 77.2 Å². The molecule has 0 spiro atoms. The third-order valence-electron chi connectivity index (χ3n) is 12.0. The second-order valence-corrected chi connectivity index (χ2v) is 16.8. The Morgan fingerprint density at radius 1 is 0.950 bits per heavy atom. The Bertz CT molecular complexity index is 2640. The van der Waals surface area contributed by atoms with Crippen molar-refractivity contribution < 1.29 is 33.6 Å². The minimum absolute atomic E-state index is 0.0552. The zero-order valence-corrected chi connectivity index (χ0v) is 36.5. The first kappa shape index (κ1) is 41.4. The molecule has 0 bridgehead atoms. The number of nitrogens with zero attached hydrogens (tertiary/aromatic N) is 5. The molecule has 2 aliphatic heterocycles. The van der Waals surface area contributed by atoms with E-state index in [1.165, 1.54) is 0 Å². The van der Waals surface area contributed by atoms with Gasteiger partial charge in [0.15, 0.2) is 11.5 Å². The van der Waals surface area contributed by atoms with Gasteiger partial charge < -0.3 is 38.1 Å². The number of aryl methyl sites for hydroxylation is 6. The van der Waals surface area contributed by atoms with Crippen LogP contribution in [0.2, 0.25) is 10.0 Å². The van der Waals surface area contributed by atoms with E-state index in [1.807, 2.05) is 58.0 Å². The first-order valence-corrected chi connectivity index (χ1v) is 21.1. The molecule has 3 aromatic carbocycles. The molecular weight excluding hydrogens is 805 g/mol. The molecule has 6 aromatic rings. The van der Waals surface area contributed by atoms with Crippen molar-refractivity contribution in [3.05, 3.63) is 92.2 Å². The number of benzene rings is 3. The van der Waals surface area contributed by atoms with Gasteiger partial charge in [-0.15, -0.1) is 0 Å². The highest BCUT2D eigenvalue weighted by molar-refractivity contribution is 6.35. The van der Waals surface area contributed by atoms with Crippen LogP contribution >= 0.6 is 23.2 Å². The Morgan fingerprint density at radius 3 is 2.32 bits per heavy atom. The van der Waals surface area contributed by atoms with Crippen molar-refractivity contribution >= 4 is 62.6 Å². The predicted octanol–water partition coefficient (Wildman–Crippen LogP) is 9.88.